The van der Waals surface area contributed by atoms with Crippen LogP contribution in [0.15, 0.2) is 41.0 Å². The monoisotopic (exact) mass is 304 g/mol. The van der Waals surface area contributed by atoms with E-state index in [9.17, 15) is 8.78 Å². The van der Waals surface area contributed by atoms with Crippen LogP contribution < -0.4 is 0 Å². The predicted octanol–water partition coefficient (Wildman–Crippen LogP) is 3.39. The minimum Gasteiger partial charge on any atom is -0.461 e. The fourth-order valence-corrected chi connectivity index (χ4v) is 2.80. The Morgan fingerprint density at radius 1 is 1.14 bits per heavy atom. The van der Waals surface area contributed by atoms with Crippen LogP contribution in [-0.2, 0) is 0 Å². The summed E-state index contributed by atoms with van der Waals surface area (Å²) in [5.41, 5.74) is 0.0934. The minimum absolute atomic E-state index is 0.0934. The van der Waals surface area contributed by atoms with Crippen LogP contribution in [0.2, 0.25) is 0 Å². The molecule has 0 saturated heterocycles. The van der Waals surface area contributed by atoms with E-state index in [4.69, 9.17) is 4.42 Å². The first-order valence-electron chi connectivity index (χ1n) is 5.94. The highest BCUT2D eigenvalue weighted by atomic mass is 32.1. The third-order valence-electron chi connectivity index (χ3n) is 2.89. The number of rotatable bonds is 2. The number of fused-ring (bicyclic) bond motifs is 1. The second-order valence-corrected chi connectivity index (χ2v) is 5.18. The van der Waals surface area contributed by atoms with Crippen molar-refractivity contribution in [2.24, 2.45) is 0 Å². The van der Waals surface area contributed by atoms with Gasteiger partial charge in [0, 0.05) is 0 Å². The Morgan fingerprint density at radius 2 is 2.05 bits per heavy atom. The summed E-state index contributed by atoms with van der Waals surface area (Å²) in [7, 11) is 0. The van der Waals surface area contributed by atoms with E-state index >= 15 is 0 Å². The molecule has 0 saturated carbocycles. The van der Waals surface area contributed by atoms with Crippen LogP contribution in [0.3, 0.4) is 0 Å². The number of hydrogen-bond donors (Lipinski definition) is 0. The third kappa shape index (κ3) is 1.91. The summed E-state index contributed by atoms with van der Waals surface area (Å²) in [5.74, 6) is -0.155. The number of halogens is 2. The highest BCUT2D eigenvalue weighted by Crippen LogP contribution is 2.30. The number of aromatic nitrogens is 4. The van der Waals surface area contributed by atoms with Crippen molar-refractivity contribution in [1.29, 1.82) is 0 Å². The van der Waals surface area contributed by atoms with E-state index in [1.165, 1.54) is 10.8 Å². The second kappa shape index (κ2) is 4.45. The fourth-order valence-electron chi connectivity index (χ4n) is 1.95. The van der Waals surface area contributed by atoms with Crippen molar-refractivity contribution < 1.29 is 13.2 Å². The number of furan rings is 1. The Bertz CT molecular complexity index is 929. The Labute approximate surface area is 120 Å². The summed E-state index contributed by atoms with van der Waals surface area (Å²) in [6, 6.07) is 6.68. The Morgan fingerprint density at radius 3 is 2.86 bits per heavy atom. The first kappa shape index (κ1) is 12.2. The van der Waals surface area contributed by atoms with Crippen LogP contribution in [0.25, 0.3) is 27.1 Å². The van der Waals surface area contributed by atoms with Gasteiger partial charge in [-0.2, -0.15) is 9.61 Å². The van der Waals surface area contributed by atoms with E-state index < -0.39 is 11.6 Å². The summed E-state index contributed by atoms with van der Waals surface area (Å²) in [5, 5.41) is 12.5. The molecule has 0 unspecified atom stereocenters. The largest absolute Gasteiger partial charge is 0.461 e. The first-order chi connectivity index (χ1) is 10.2. The van der Waals surface area contributed by atoms with Crippen molar-refractivity contribution in [3.63, 3.8) is 0 Å². The molecule has 0 radical (unpaired) electrons. The van der Waals surface area contributed by atoms with Crippen molar-refractivity contribution in [3.05, 3.63) is 48.2 Å². The van der Waals surface area contributed by atoms with Gasteiger partial charge in [0.25, 0.3) is 0 Å². The molecule has 0 amide bonds. The molecule has 4 aromatic rings. The molecule has 5 nitrogen and oxygen atoms in total. The van der Waals surface area contributed by atoms with Gasteiger partial charge in [0.1, 0.15) is 11.6 Å². The maximum Gasteiger partial charge on any atom is 0.235 e. The van der Waals surface area contributed by atoms with Gasteiger partial charge < -0.3 is 4.42 Å². The number of nitrogens with zero attached hydrogens (tertiary/aromatic N) is 4. The average molecular weight is 304 g/mol. The molecule has 0 fully saturated rings. The zero-order valence-electron chi connectivity index (χ0n) is 10.3. The SMILES string of the molecule is Fc1ccc(F)c(-c2nn3c(-c4ccco4)nnc3s2)c1. The van der Waals surface area contributed by atoms with Gasteiger partial charge in [-0.3, -0.25) is 0 Å². The van der Waals surface area contributed by atoms with Gasteiger partial charge in [0.2, 0.25) is 10.8 Å². The fraction of sp³-hybridized carbons (Fsp3) is 0. The average Bonchev–Trinajstić information content (AvgIpc) is 3.15. The summed E-state index contributed by atoms with van der Waals surface area (Å²) in [4.78, 5) is 0.472. The Balaban J connectivity index is 1.90. The standard InChI is InChI=1S/C13H6F2N4OS/c14-7-3-4-9(15)8(6-7)12-18-19-11(10-2-1-5-20-10)16-17-13(19)21-12/h1-6H. The molecular formula is C13H6F2N4OS. The van der Waals surface area contributed by atoms with Gasteiger partial charge in [0.15, 0.2) is 10.8 Å². The highest BCUT2D eigenvalue weighted by molar-refractivity contribution is 7.19. The van der Waals surface area contributed by atoms with Crippen LogP contribution in [0.4, 0.5) is 8.78 Å². The van der Waals surface area contributed by atoms with Gasteiger partial charge in [-0.1, -0.05) is 11.3 Å². The molecule has 0 spiro atoms. The molecule has 0 aliphatic heterocycles. The lowest BCUT2D eigenvalue weighted by molar-refractivity contribution is 0.575. The van der Waals surface area contributed by atoms with E-state index in [0.717, 1.165) is 29.5 Å². The van der Waals surface area contributed by atoms with Crippen molar-refractivity contribution in [1.82, 2.24) is 19.8 Å². The van der Waals surface area contributed by atoms with Crippen LogP contribution in [0.5, 0.6) is 0 Å². The molecule has 0 aliphatic rings. The van der Waals surface area contributed by atoms with Gasteiger partial charge in [0.05, 0.1) is 11.8 Å². The molecule has 0 bridgehead atoms. The zero-order chi connectivity index (χ0) is 14.4. The predicted molar refractivity (Wildman–Crippen MR) is 71.7 cm³/mol. The lowest BCUT2D eigenvalue weighted by Crippen LogP contribution is -1.91. The molecule has 0 N–H and O–H groups in total. The molecule has 104 valence electrons. The van der Waals surface area contributed by atoms with Gasteiger partial charge in [-0.05, 0) is 30.3 Å². The summed E-state index contributed by atoms with van der Waals surface area (Å²) in [6.45, 7) is 0. The van der Waals surface area contributed by atoms with Gasteiger partial charge in [-0.25, -0.2) is 8.78 Å². The van der Waals surface area contributed by atoms with Gasteiger partial charge >= 0.3 is 0 Å². The van der Waals surface area contributed by atoms with E-state index in [-0.39, 0.29) is 5.56 Å². The topological polar surface area (TPSA) is 56.2 Å². The summed E-state index contributed by atoms with van der Waals surface area (Å²) < 4.78 is 33.8. The summed E-state index contributed by atoms with van der Waals surface area (Å²) >= 11 is 1.12. The smallest absolute Gasteiger partial charge is 0.235 e. The van der Waals surface area contributed by atoms with Crippen molar-refractivity contribution in [3.8, 4) is 22.2 Å². The van der Waals surface area contributed by atoms with E-state index in [0.29, 0.717) is 21.6 Å². The highest BCUT2D eigenvalue weighted by Gasteiger charge is 2.18. The third-order valence-corrected chi connectivity index (χ3v) is 3.82. The molecule has 3 aromatic heterocycles. The van der Waals surface area contributed by atoms with Crippen LogP contribution in [0.1, 0.15) is 0 Å². The quantitative estimate of drug-likeness (QED) is 0.569. The van der Waals surface area contributed by atoms with Crippen LogP contribution >= 0.6 is 11.3 Å². The lowest BCUT2D eigenvalue weighted by atomic mass is 10.2. The van der Waals surface area contributed by atoms with Crippen molar-refractivity contribution in [2.75, 3.05) is 0 Å². The molecule has 0 aliphatic carbocycles. The molecule has 0 atom stereocenters. The maximum atomic E-state index is 13.8. The molecule has 4 rings (SSSR count). The minimum atomic E-state index is -0.541. The maximum absolute atomic E-state index is 13.8. The second-order valence-electron chi connectivity index (χ2n) is 4.23. The summed E-state index contributed by atoms with van der Waals surface area (Å²) in [6.07, 6.45) is 1.51. The zero-order valence-corrected chi connectivity index (χ0v) is 11.1. The number of benzene rings is 1. The molecule has 8 heteroatoms. The van der Waals surface area contributed by atoms with Crippen LogP contribution in [-0.4, -0.2) is 19.8 Å². The molecular weight excluding hydrogens is 298 g/mol. The van der Waals surface area contributed by atoms with Crippen molar-refractivity contribution >= 4 is 16.3 Å². The van der Waals surface area contributed by atoms with E-state index in [1.807, 2.05) is 0 Å². The normalized spacial score (nSPS) is 11.3. The lowest BCUT2D eigenvalue weighted by Gasteiger charge is -1.98. The van der Waals surface area contributed by atoms with Gasteiger partial charge in [-0.15, -0.1) is 10.2 Å². The number of hydrogen-bond acceptors (Lipinski definition) is 5. The van der Waals surface area contributed by atoms with E-state index in [1.54, 1.807) is 12.1 Å². The molecule has 1 aromatic carbocycles. The Hall–Kier alpha value is -2.61. The Kier molecular flexibility index (Phi) is 2.58. The molecule has 21 heavy (non-hydrogen) atoms. The van der Waals surface area contributed by atoms with Crippen molar-refractivity contribution in [2.45, 2.75) is 0 Å². The first-order valence-corrected chi connectivity index (χ1v) is 6.75. The molecule has 3 heterocycles. The van der Waals surface area contributed by atoms with Crippen LogP contribution in [0, 0.1) is 11.6 Å². The van der Waals surface area contributed by atoms with E-state index in [2.05, 4.69) is 15.3 Å².